The summed E-state index contributed by atoms with van der Waals surface area (Å²) in [5.74, 6) is -0.796. The molecule has 1 heterocycles. The molecule has 1 saturated heterocycles. The lowest BCUT2D eigenvalue weighted by Gasteiger charge is -2.26. The maximum absolute atomic E-state index is 13.1. The first-order valence-corrected chi connectivity index (χ1v) is 11.6. The van der Waals surface area contributed by atoms with Crippen LogP contribution in [0.5, 0.6) is 5.75 Å². The highest BCUT2D eigenvalue weighted by molar-refractivity contribution is 6.46. The number of rotatable bonds is 10. The van der Waals surface area contributed by atoms with Crippen molar-refractivity contribution in [1.82, 2.24) is 9.80 Å². The first-order valence-electron chi connectivity index (χ1n) is 11.6. The van der Waals surface area contributed by atoms with Crippen molar-refractivity contribution in [3.63, 3.8) is 0 Å². The second-order valence-electron chi connectivity index (χ2n) is 8.62. The number of ketones is 1. The predicted molar refractivity (Wildman–Crippen MR) is 130 cm³/mol. The molecule has 0 aliphatic carbocycles. The van der Waals surface area contributed by atoms with E-state index in [1.54, 1.807) is 23.1 Å². The number of aliphatic hydroxyl groups excluding tert-OH is 1. The summed E-state index contributed by atoms with van der Waals surface area (Å²) < 4.78 is 5.77. The third-order valence-corrected chi connectivity index (χ3v) is 5.91. The van der Waals surface area contributed by atoms with E-state index in [2.05, 4.69) is 13.8 Å². The van der Waals surface area contributed by atoms with Crippen LogP contribution < -0.4 is 4.74 Å². The molecule has 1 fully saturated rings. The number of unbranched alkanes of at least 4 members (excludes halogenated alkanes) is 1. The number of likely N-dealkylation sites (N-methyl/N-ethyl adjacent to an activating group) is 1. The van der Waals surface area contributed by atoms with Crippen molar-refractivity contribution in [2.45, 2.75) is 39.2 Å². The van der Waals surface area contributed by atoms with E-state index in [0.717, 1.165) is 24.8 Å². The summed E-state index contributed by atoms with van der Waals surface area (Å²) in [6, 6.07) is 14.3. The summed E-state index contributed by atoms with van der Waals surface area (Å²) >= 11 is 0. The minimum Gasteiger partial charge on any atom is -0.507 e. The Morgan fingerprint density at radius 3 is 2.45 bits per heavy atom. The van der Waals surface area contributed by atoms with Crippen molar-refractivity contribution in [3.8, 4) is 5.75 Å². The van der Waals surface area contributed by atoms with E-state index in [1.165, 1.54) is 5.56 Å². The molecule has 1 atom stereocenters. The number of hydrogen-bond donors (Lipinski definition) is 1. The van der Waals surface area contributed by atoms with Crippen LogP contribution in [0.4, 0.5) is 0 Å². The molecule has 2 aromatic carbocycles. The second-order valence-corrected chi connectivity index (χ2v) is 8.62. The quantitative estimate of drug-likeness (QED) is 0.251. The van der Waals surface area contributed by atoms with E-state index < -0.39 is 17.7 Å². The number of carbonyl (C=O) groups excluding carboxylic acids is 2. The maximum atomic E-state index is 13.1. The molecule has 33 heavy (non-hydrogen) atoms. The Bertz CT molecular complexity index is 1010. The Hall–Kier alpha value is -3.12. The van der Waals surface area contributed by atoms with Gasteiger partial charge in [-0.15, -0.1) is 0 Å². The summed E-state index contributed by atoms with van der Waals surface area (Å²) in [5, 5.41) is 11.2. The zero-order valence-electron chi connectivity index (χ0n) is 20.0. The Morgan fingerprint density at radius 2 is 1.82 bits per heavy atom. The maximum Gasteiger partial charge on any atom is 0.295 e. The molecule has 0 spiro atoms. The van der Waals surface area contributed by atoms with Gasteiger partial charge < -0.3 is 19.6 Å². The van der Waals surface area contributed by atoms with Crippen LogP contribution in [0.1, 0.15) is 49.4 Å². The van der Waals surface area contributed by atoms with Crippen LogP contribution in [-0.4, -0.2) is 60.4 Å². The van der Waals surface area contributed by atoms with E-state index in [-0.39, 0.29) is 11.3 Å². The first-order chi connectivity index (χ1) is 15.9. The molecule has 1 unspecified atom stereocenters. The third kappa shape index (κ3) is 5.63. The van der Waals surface area contributed by atoms with Crippen LogP contribution in [0, 0.1) is 0 Å². The Labute approximate surface area is 196 Å². The van der Waals surface area contributed by atoms with Crippen molar-refractivity contribution < 1.29 is 19.4 Å². The number of Topliss-reactive ketones (excluding diaryl/α,β-unsaturated/α-hetero) is 1. The Kier molecular flexibility index (Phi) is 8.28. The van der Waals surface area contributed by atoms with Crippen LogP contribution in [0.25, 0.3) is 5.76 Å². The van der Waals surface area contributed by atoms with E-state index in [1.807, 2.05) is 49.3 Å². The Balaban J connectivity index is 2.05. The van der Waals surface area contributed by atoms with Gasteiger partial charge in [-0.25, -0.2) is 0 Å². The fourth-order valence-corrected chi connectivity index (χ4v) is 3.92. The van der Waals surface area contributed by atoms with Crippen LogP contribution >= 0.6 is 0 Å². The van der Waals surface area contributed by atoms with Gasteiger partial charge in [0.2, 0.25) is 0 Å². The van der Waals surface area contributed by atoms with Gasteiger partial charge >= 0.3 is 0 Å². The highest BCUT2D eigenvalue weighted by atomic mass is 16.5. The van der Waals surface area contributed by atoms with Gasteiger partial charge in [-0.05, 0) is 50.2 Å². The molecule has 0 aromatic heterocycles. The molecule has 0 bridgehead atoms. The lowest BCUT2D eigenvalue weighted by Crippen LogP contribution is -2.35. The summed E-state index contributed by atoms with van der Waals surface area (Å²) in [6.07, 6.45) is 2.85. The SMILES string of the molecule is CCCCOc1cccc(/C(O)=C2\C(=O)C(=O)N(CCN(C)C)C2c2ccc(CC)cc2)c1. The molecule has 2 aromatic rings. The lowest BCUT2D eigenvalue weighted by molar-refractivity contribution is -0.140. The highest BCUT2D eigenvalue weighted by Crippen LogP contribution is 2.39. The van der Waals surface area contributed by atoms with Gasteiger partial charge in [-0.1, -0.05) is 56.7 Å². The number of likely N-dealkylation sites (tertiary alicyclic amines) is 1. The van der Waals surface area contributed by atoms with Gasteiger partial charge in [0.25, 0.3) is 11.7 Å². The average molecular weight is 451 g/mol. The van der Waals surface area contributed by atoms with Crippen molar-refractivity contribution >= 4 is 17.4 Å². The number of aliphatic hydroxyl groups is 1. The monoisotopic (exact) mass is 450 g/mol. The minimum atomic E-state index is -0.659. The molecule has 6 nitrogen and oxygen atoms in total. The van der Waals surface area contributed by atoms with Gasteiger partial charge in [0.15, 0.2) is 0 Å². The Morgan fingerprint density at radius 1 is 1.09 bits per heavy atom. The summed E-state index contributed by atoms with van der Waals surface area (Å²) in [6.45, 7) is 5.74. The van der Waals surface area contributed by atoms with Crippen molar-refractivity contribution in [2.24, 2.45) is 0 Å². The summed E-state index contributed by atoms with van der Waals surface area (Å²) in [5.41, 5.74) is 2.56. The fourth-order valence-electron chi connectivity index (χ4n) is 3.92. The molecule has 176 valence electrons. The van der Waals surface area contributed by atoms with Crippen molar-refractivity contribution in [3.05, 3.63) is 70.8 Å². The second kappa shape index (κ2) is 11.1. The average Bonchev–Trinajstić information content (AvgIpc) is 3.07. The normalized spacial score (nSPS) is 17.7. The number of amides is 1. The van der Waals surface area contributed by atoms with E-state index in [9.17, 15) is 14.7 Å². The summed E-state index contributed by atoms with van der Waals surface area (Å²) in [4.78, 5) is 29.7. The van der Waals surface area contributed by atoms with Gasteiger partial charge in [0, 0.05) is 18.7 Å². The molecule has 1 amide bonds. The van der Waals surface area contributed by atoms with E-state index in [4.69, 9.17) is 4.74 Å². The van der Waals surface area contributed by atoms with Crippen LogP contribution in [0.15, 0.2) is 54.1 Å². The van der Waals surface area contributed by atoms with Crippen LogP contribution in [0.2, 0.25) is 0 Å². The van der Waals surface area contributed by atoms with Gasteiger partial charge in [-0.2, -0.15) is 0 Å². The minimum absolute atomic E-state index is 0.119. The van der Waals surface area contributed by atoms with Gasteiger partial charge in [-0.3, -0.25) is 9.59 Å². The number of benzene rings is 2. The molecule has 0 saturated carbocycles. The lowest BCUT2D eigenvalue weighted by atomic mass is 9.94. The molecular weight excluding hydrogens is 416 g/mol. The molecule has 1 N–H and O–H groups in total. The van der Waals surface area contributed by atoms with Gasteiger partial charge in [0.1, 0.15) is 11.5 Å². The molecule has 6 heteroatoms. The molecule has 0 radical (unpaired) electrons. The molecule has 1 aliphatic heterocycles. The zero-order valence-corrected chi connectivity index (χ0v) is 20.0. The molecule has 3 rings (SSSR count). The highest BCUT2D eigenvalue weighted by Gasteiger charge is 2.45. The van der Waals surface area contributed by atoms with Crippen molar-refractivity contribution in [1.29, 1.82) is 0 Å². The number of carbonyl (C=O) groups is 2. The smallest absolute Gasteiger partial charge is 0.295 e. The zero-order chi connectivity index (χ0) is 24.0. The largest absolute Gasteiger partial charge is 0.507 e. The summed E-state index contributed by atoms with van der Waals surface area (Å²) in [7, 11) is 3.84. The topological polar surface area (TPSA) is 70.1 Å². The van der Waals surface area contributed by atoms with Crippen LogP contribution in [0.3, 0.4) is 0 Å². The van der Waals surface area contributed by atoms with E-state index in [0.29, 0.717) is 31.0 Å². The van der Waals surface area contributed by atoms with Crippen molar-refractivity contribution in [2.75, 3.05) is 33.8 Å². The number of aryl methyl sites for hydroxylation is 1. The number of ether oxygens (including phenoxy) is 1. The van der Waals surface area contributed by atoms with Crippen LogP contribution in [-0.2, 0) is 16.0 Å². The predicted octanol–water partition coefficient (Wildman–Crippen LogP) is 4.41. The third-order valence-electron chi connectivity index (χ3n) is 5.91. The number of hydrogen-bond acceptors (Lipinski definition) is 5. The van der Waals surface area contributed by atoms with E-state index >= 15 is 0 Å². The fraction of sp³-hybridized carbons (Fsp3) is 0.407. The standard InChI is InChI=1S/C27H34N2O4/c1-5-7-17-33-22-10-8-9-21(18-22)25(30)23-24(20-13-11-19(6-2)12-14-20)29(16-15-28(3)4)27(32)26(23)31/h8-14,18,24,30H,5-7,15-17H2,1-4H3/b25-23+. The molecular formula is C27H34N2O4. The van der Waals surface area contributed by atoms with Gasteiger partial charge in [0.05, 0.1) is 18.2 Å². The number of nitrogens with zero attached hydrogens (tertiary/aromatic N) is 2. The first kappa shape index (κ1) is 24.5. The molecule has 1 aliphatic rings.